The van der Waals surface area contributed by atoms with Crippen molar-refractivity contribution >= 4 is 12.1 Å². The molecule has 0 aliphatic heterocycles. The lowest BCUT2D eigenvalue weighted by Crippen LogP contribution is -2.17. The molecule has 0 aliphatic carbocycles. The Morgan fingerprint density at radius 3 is 2.60 bits per heavy atom. The van der Waals surface area contributed by atoms with Crippen LogP contribution in [0, 0.1) is 0 Å². The lowest BCUT2D eigenvalue weighted by atomic mass is 10.2. The zero-order valence-electron chi connectivity index (χ0n) is 13.5. The first kappa shape index (κ1) is 16.3. The van der Waals surface area contributed by atoms with Gasteiger partial charge in [-0.3, -0.25) is 4.79 Å². The van der Waals surface area contributed by atoms with E-state index in [1.165, 1.54) is 11.0 Å². The van der Waals surface area contributed by atoms with Crippen LogP contribution in [0.4, 0.5) is 0 Å². The molecule has 0 aliphatic rings. The Balaban J connectivity index is 1.58. The van der Waals surface area contributed by atoms with E-state index >= 15 is 0 Å². The van der Waals surface area contributed by atoms with Gasteiger partial charge >= 0.3 is 0 Å². The van der Waals surface area contributed by atoms with Crippen LogP contribution in [0.2, 0.25) is 0 Å². The fourth-order valence-electron chi connectivity index (χ4n) is 2.09. The number of carbonyl (C=O) groups is 1. The van der Waals surface area contributed by atoms with Crippen LogP contribution >= 0.6 is 0 Å². The number of hydrogen-bond donors (Lipinski definition) is 1. The van der Waals surface area contributed by atoms with Gasteiger partial charge in [0.25, 0.3) is 5.91 Å². The largest absolute Gasteiger partial charge is 0.494 e. The van der Waals surface area contributed by atoms with Gasteiger partial charge in [-0.2, -0.15) is 5.10 Å². The number of nitrogens with zero attached hydrogens (tertiary/aromatic N) is 5. The van der Waals surface area contributed by atoms with Crippen molar-refractivity contribution in [2.75, 3.05) is 6.61 Å². The van der Waals surface area contributed by atoms with Gasteiger partial charge in [0, 0.05) is 5.56 Å². The number of hydrazone groups is 1. The molecular weight excluding hydrogens is 320 g/mol. The third-order valence-corrected chi connectivity index (χ3v) is 3.31. The molecule has 1 aromatic heterocycles. The van der Waals surface area contributed by atoms with E-state index in [2.05, 4.69) is 26.1 Å². The van der Waals surface area contributed by atoms with Gasteiger partial charge in [0.05, 0.1) is 18.5 Å². The second-order valence-electron chi connectivity index (χ2n) is 5.00. The monoisotopic (exact) mass is 336 g/mol. The summed E-state index contributed by atoms with van der Waals surface area (Å²) in [6.45, 7) is 2.55. The number of hydrogen-bond acceptors (Lipinski definition) is 6. The third kappa shape index (κ3) is 4.25. The number of rotatable bonds is 6. The molecule has 0 fully saturated rings. The van der Waals surface area contributed by atoms with E-state index in [-0.39, 0.29) is 5.91 Å². The standard InChI is InChI=1S/C17H16N6O2/c1-2-25-16-9-3-13(4-10-16)11-18-20-17(24)14-5-7-15(8-6-14)23-12-19-21-22-23/h3-12H,2H2,1H3,(H,20,24)/b18-11-. The Bertz CT molecular complexity index is 842. The van der Waals surface area contributed by atoms with Crippen LogP contribution in [0.1, 0.15) is 22.8 Å². The zero-order chi connectivity index (χ0) is 17.5. The normalized spacial score (nSPS) is 10.8. The SMILES string of the molecule is CCOc1ccc(/C=N\NC(=O)c2ccc(-n3cnnn3)cc2)cc1. The molecule has 0 unspecified atom stereocenters. The Hall–Kier alpha value is -3.55. The van der Waals surface area contributed by atoms with Crippen molar-refractivity contribution in [2.24, 2.45) is 5.10 Å². The fraction of sp³-hybridized carbons (Fsp3) is 0.118. The van der Waals surface area contributed by atoms with Gasteiger partial charge in [0.1, 0.15) is 12.1 Å². The van der Waals surface area contributed by atoms with Crippen LogP contribution in [0.3, 0.4) is 0 Å². The Labute approximate surface area is 144 Å². The molecule has 3 rings (SSSR count). The molecule has 1 N–H and O–H groups in total. The van der Waals surface area contributed by atoms with Crippen molar-refractivity contribution in [3.8, 4) is 11.4 Å². The number of benzene rings is 2. The molecule has 1 heterocycles. The number of amides is 1. The molecule has 0 spiro atoms. The molecule has 0 radical (unpaired) electrons. The van der Waals surface area contributed by atoms with Crippen molar-refractivity contribution in [2.45, 2.75) is 6.92 Å². The first-order chi connectivity index (χ1) is 12.3. The lowest BCUT2D eigenvalue weighted by molar-refractivity contribution is 0.0955. The van der Waals surface area contributed by atoms with Crippen molar-refractivity contribution in [3.63, 3.8) is 0 Å². The Kier molecular flexibility index (Phi) is 5.10. The summed E-state index contributed by atoms with van der Waals surface area (Å²) >= 11 is 0. The summed E-state index contributed by atoms with van der Waals surface area (Å²) in [5.74, 6) is 0.497. The minimum atomic E-state index is -0.301. The van der Waals surface area contributed by atoms with Gasteiger partial charge in [-0.25, -0.2) is 10.1 Å². The Morgan fingerprint density at radius 2 is 1.96 bits per heavy atom. The lowest BCUT2D eigenvalue weighted by Gasteiger charge is -2.03. The van der Waals surface area contributed by atoms with Crippen molar-refractivity contribution in [1.82, 2.24) is 25.6 Å². The second-order valence-corrected chi connectivity index (χ2v) is 5.00. The second kappa shape index (κ2) is 7.82. The van der Waals surface area contributed by atoms with E-state index in [1.54, 1.807) is 30.5 Å². The van der Waals surface area contributed by atoms with Crippen LogP contribution in [0.25, 0.3) is 5.69 Å². The van der Waals surface area contributed by atoms with E-state index in [1.807, 2.05) is 31.2 Å². The van der Waals surface area contributed by atoms with Gasteiger partial charge in [-0.1, -0.05) is 0 Å². The molecule has 8 heteroatoms. The summed E-state index contributed by atoms with van der Waals surface area (Å²) in [5.41, 5.74) is 4.60. The van der Waals surface area contributed by atoms with Crippen molar-refractivity contribution in [3.05, 3.63) is 66.0 Å². The maximum absolute atomic E-state index is 12.1. The highest BCUT2D eigenvalue weighted by atomic mass is 16.5. The molecule has 25 heavy (non-hydrogen) atoms. The summed E-state index contributed by atoms with van der Waals surface area (Å²) in [4.78, 5) is 12.1. The number of nitrogens with one attached hydrogen (secondary N) is 1. The number of tetrazole rings is 1. The highest BCUT2D eigenvalue weighted by Crippen LogP contribution is 2.11. The predicted octanol–water partition coefficient (Wildman–Crippen LogP) is 1.82. The maximum Gasteiger partial charge on any atom is 0.271 e. The smallest absolute Gasteiger partial charge is 0.271 e. The first-order valence-electron chi connectivity index (χ1n) is 7.66. The summed E-state index contributed by atoms with van der Waals surface area (Å²) in [5, 5.41) is 14.9. The first-order valence-corrected chi connectivity index (χ1v) is 7.66. The number of aromatic nitrogens is 4. The molecule has 0 saturated carbocycles. The zero-order valence-corrected chi connectivity index (χ0v) is 13.5. The molecule has 0 bridgehead atoms. The van der Waals surface area contributed by atoms with Gasteiger partial charge < -0.3 is 4.74 Å². The van der Waals surface area contributed by atoms with Gasteiger partial charge in [0.15, 0.2) is 0 Å². The molecular formula is C17H16N6O2. The summed E-state index contributed by atoms with van der Waals surface area (Å²) in [6, 6.07) is 14.3. The van der Waals surface area contributed by atoms with Crippen molar-refractivity contribution < 1.29 is 9.53 Å². The quantitative estimate of drug-likeness (QED) is 0.547. The minimum Gasteiger partial charge on any atom is -0.494 e. The molecule has 126 valence electrons. The summed E-state index contributed by atoms with van der Waals surface area (Å²) in [6.07, 6.45) is 3.05. The van der Waals surface area contributed by atoms with E-state index in [4.69, 9.17) is 4.74 Å². The molecule has 2 aromatic carbocycles. The van der Waals surface area contributed by atoms with E-state index < -0.39 is 0 Å². The van der Waals surface area contributed by atoms with Gasteiger partial charge in [-0.15, -0.1) is 5.10 Å². The molecule has 8 nitrogen and oxygen atoms in total. The average Bonchev–Trinajstić information content (AvgIpc) is 3.18. The van der Waals surface area contributed by atoms with Crippen molar-refractivity contribution in [1.29, 1.82) is 0 Å². The minimum absolute atomic E-state index is 0.301. The van der Waals surface area contributed by atoms with Gasteiger partial charge in [-0.05, 0) is 71.4 Å². The average molecular weight is 336 g/mol. The molecule has 3 aromatic rings. The summed E-state index contributed by atoms with van der Waals surface area (Å²) < 4.78 is 6.88. The molecule has 0 atom stereocenters. The van der Waals surface area contributed by atoms with Gasteiger partial charge in [0.2, 0.25) is 0 Å². The maximum atomic E-state index is 12.1. The van der Waals surface area contributed by atoms with Crippen LogP contribution in [0.5, 0.6) is 5.75 Å². The highest BCUT2D eigenvalue weighted by Gasteiger charge is 2.05. The van der Waals surface area contributed by atoms with E-state index in [0.29, 0.717) is 12.2 Å². The number of carbonyl (C=O) groups excluding carboxylic acids is 1. The van der Waals surface area contributed by atoms with Crippen LogP contribution < -0.4 is 10.2 Å². The van der Waals surface area contributed by atoms with Crippen LogP contribution in [0.15, 0.2) is 60.0 Å². The number of ether oxygens (including phenoxy) is 1. The summed E-state index contributed by atoms with van der Waals surface area (Å²) in [7, 11) is 0. The highest BCUT2D eigenvalue weighted by molar-refractivity contribution is 5.95. The fourth-order valence-corrected chi connectivity index (χ4v) is 2.09. The predicted molar refractivity (Wildman–Crippen MR) is 91.8 cm³/mol. The molecule has 0 saturated heterocycles. The Morgan fingerprint density at radius 1 is 1.20 bits per heavy atom. The molecule has 1 amide bonds. The van der Waals surface area contributed by atoms with E-state index in [0.717, 1.165) is 17.0 Å². The van der Waals surface area contributed by atoms with Crippen LogP contribution in [-0.4, -0.2) is 38.9 Å². The topological polar surface area (TPSA) is 94.3 Å². The van der Waals surface area contributed by atoms with Crippen LogP contribution in [-0.2, 0) is 0 Å². The third-order valence-electron chi connectivity index (χ3n) is 3.31. The van der Waals surface area contributed by atoms with E-state index in [9.17, 15) is 4.79 Å².